The van der Waals surface area contributed by atoms with E-state index in [1.54, 1.807) is 6.07 Å². The second kappa shape index (κ2) is 13.0. The standard InChI is InChI=1S/C51H32N4O/c1-3-14-33(15-4-1)35-18-13-19-38(30-35)50-52-49(34-16-5-2-6-17-34)53-51(54-50)43-29-27-36(37-26-28-42-41-22-9-12-25-47(41)56-48(42)32-37)31-46(43)55-44-23-10-7-20-39(44)40-21-8-11-24-45(40)55/h1-32H/i7D,8D,9D,10D,11D,12D,20D,21D,22D,23D,24D,25D,26D,28D,32D. The number of furan rings is 1. The highest BCUT2D eigenvalue weighted by Crippen LogP contribution is 2.39. The molecule has 0 unspecified atom stereocenters. The van der Waals surface area contributed by atoms with Gasteiger partial charge < -0.3 is 8.98 Å². The van der Waals surface area contributed by atoms with Crippen molar-refractivity contribution in [3.63, 3.8) is 0 Å². The largest absolute Gasteiger partial charge is 0.456 e. The van der Waals surface area contributed by atoms with E-state index in [0.29, 0.717) is 11.1 Å². The second-order valence-electron chi connectivity index (χ2n) is 12.9. The third-order valence-electron chi connectivity index (χ3n) is 9.58. The Hall–Kier alpha value is -7.63. The number of aromatic nitrogens is 4. The molecule has 3 aromatic heterocycles. The predicted molar refractivity (Wildman–Crippen MR) is 229 cm³/mol. The number of hydrogen-bond acceptors (Lipinski definition) is 4. The van der Waals surface area contributed by atoms with Crippen LogP contribution in [0.4, 0.5) is 0 Å². The van der Waals surface area contributed by atoms with Crippen molar-refractivity contribution < 1.29 is 25.0 Å². The lowest BCUT2D eigenvalue weighted by Crippen LogP contribution is -2.04. The molecule has 8 aromatic carbocycles. The lowest BCUT2D eigenvalue weighted by molar-refractivity contribution is 0.669. The number of para-hydroxylation sites is 3. The van der Waals surface area contributed by atoms with Gasteiger partial charge in [0.1, 0.15) is 11.2 Å². The smallest absolute Gasteiger partial charge is 0.166 e. The molecule has 56 heavy (non-hydrogen) atoms. The monoisotopic (exact) mass is 731 g/mol. The summed E-state index contributed by atoms with van der Waals surface area (Å²) in [5.41, 5.74) is 2.01. The SMILES string of the molecule is [2H]c1c([2H])c([2H])c2c(oc3c([2H])c(-c4ccc(-c5nc(-c6ccccc6)nc(-c6cccc(-c7ccccc7)c6)n5)c(-n5c6c([2H])c([2H])c([2H])c([2H])c6c6c([2H])c([2H])c([2H])c([2H])c65)c4)c([2H])c([2H])c32)c1[2H]. The summed E-state index contributed by atoms with van der Waals surface area (Å²) >= 11 is 0. The van der Waals surface area contributed by atoms with Gasteiger partial charge in [0.05, 0.1) is 37.3 Å². The minimum atomic E-state index is -0.656. The Morgan fingerprint density at radius 3 is 1.73 bits per heavy atom. The maximum Gasteiger partial charge on any atom is 0.166 e. The van der Waals surface area contributed by atoms with E-state index in [9.17, 15) is 6.85 Å². The maximum absolute atomic E-state index is 9.52. The normalized spacial score (nSPS) is 15.3. The molecule has 0 saturated heterocycles. The number of rotatable bonds is 6. The average Bonchev–Trinajstić information content (AvgIpc) is 3.98. The Morgan fingerprint density at radius 1 is 0.411 bits per heavy atom. The van der Waals surface area contributed by atoms with Gasteiger partial charge in [-0.25, -0.2) is 15.0 Å². The van der Waals surface area contributed by atoms with Gasteiger partial charge in [0.15, 0.2) is 17.5 Å². The Balaban J connectivity index is 1.29. The first-order chi connectivity index (χ1) is 34.0. The van der Waals surface area contributed by atoms with E-state index in [1.807, 2.05) is 84.9 Å². The Labute approximate surface area is 343 Å². The van der Waals surface area contributed by atoms with E-state index in [0.717, 1.165) is 11.1 Å². The molecule has 0 fully saturated rings. The molecule has 0 bridgehead atoms. The van der Waals surface area contributed by atoms with Gasteiger partial charge in [0.2, 0.25) is 0 Å². The van der Waals surface area contributed by atoms with Crippen LogP contribution in [-0.4, -0.2) is 19.5 Å². The van der Waals surface area contributed by atoms with Crippen molar-refractivity contribution in [2.45, 2.75) is 0 Å². The quantitative estimate of drug-likeness (QED) is 0.171. The molecular weight excluding hydrogens is 685 g/mol. The summed E-state index contributed by atoms with van der Waals surface area (Å²) in [6.45, 7) is 0. The molecule has 5 heteroatoms. The zero-order valence-corrected chi connectivity index (χ0v) is 29.0. The highest BCUT2D eigenvalue weighted by molar-refractivity contribution is 6.10. The lowest BCUT2D eigenvalue weighted by atomic mass is 10.00. The van der Waals surface area contributed by atoms with Crippen LogP contribution in [0.3, 0.4) is 0 Å². The van der Waals surface area contributed by atoms with Crippen molar-refractivity contribution >= 4 is 43.7 Å². The molecule has 0 spiro atoms. The van der Waals surface area contributed by atoms with Crippen LogP contribution in [0.5, 0.6) is 0 Å². The van der Waals surface area contributed by atoms with Gasteiger partial charge in [0, 0.05) is 38.2 Å². The second-order valence-corrected chi connectivity index (χ2v) is 12.9. The van der Waals surface area contributed by atoms with E-state index < -0.39 is 90.6 Å². The Bertz CT molecular complexity index is 4050. The van der Waals surface area contributed by atoms with E-state index in [2.05, 4.69) is 0 Å². The number of benzene rings is 8. The van der Waals surface area contributed by atoms with E-state index in [1.165, 1.54) is 16.7 Å². The third-order valence-corrected chi connectivity index (χ3v) is 9.58. The van der Waals surface area contributed by atoms with Crippen molar-refractivity contribution in [2.24, 2.45) is 0 Å². The van der Waals surface area contributed by atoms with Gasteiger partial charge in [-0.05, 0) is 70.7 Å². The summed E-state index contributed by atoms with van der Waals surface area (Å²) < 4.78 is 141. The average molecular weight is 732 g/mol. The van der Waals surface area contributed by atoms with Crippen molar-refractivity contribution in [2.75, 3.05) is 0 Å². The number of hydrogen-bond donors (Lipinski definition) is 0. The van der Waals surface area contributed by atoms with Crippen LogP contribution < -0.4 is 0 Å². The highest BCUT2D eigenvalue weighted by atomic mass is 16.3. The molecule has 3 heterocycles. The van der Waals surface area contributed by atoms with Gasteiger partial charge in [0.25, 0.3) is 0 Å². The molecule has 11 aromatic rings. The fourth-order valence-electron chi connectivity index (χ4n) is 6.97. The van der Waals surface area contributed by atoms with Gasteiger partial charge >= 0.3 is 0 Å². The number of nitrogens with zero attached hydrogens (tertiary/aromatic N) is 4. The van der Waals surface area contributed by atoms with Crippen LogP contribution >= 0.6 is 0 Å². The van der Waals surface area contributed by atoms with Crippen molar-refractivity contribution in [3.05, 3.63) is 194 Å². The predicted octanol–water partition coefficient (Wildman–Crippen LogP) is 13.2. The molecule has 0 radical (unpaired) electrons. The molecule has 262 valence electrons. The minimum Gasteiger partial charge on any atom is -0.456 e. The first-order valence-electron chi connectivity index (χ1n) is 25.1. The molecule has 0 aliphatic carbocycles. The van der Waals surface area contributed by atoms with E-state index >= 15 is 0 Å². The molecule has 0 saturated carbocycles. The van der Waals surface area contributed by atoms with E-state index in [-0.39, 0.29) is 83.6 Å². The summed E-state index contributed by atoms with van der Waals surface area (Å²) in [7, 11) is 0. The van der Waals surface area contributed by atoms with Gasteiger partial charge in [-0.1, -0.05) is 145 Å². The topological polar surface area (TPSA) is 56.7 Å². The zero-order chi connectivity index (χ0) is 50.1. The van der Waals surface area contributed by atoms with Crippen molar-refractivity contribution in [3.8, 4) is 62.1 Å². The summed E-state index contributed by atoms with van der Waals surface area (Å²) in [4.78, 5) is 14.9. The fourth-order valence-corrected chi connectivity index (χ4v) is 6.97. The first kappa shape index (κ1) is 20.2. The maximum atomic E-state index is 9.52. The molecule has 0 atom stereocenters. The molecule has 0 N–H and O–H groups in total. The first-order valence-corrected chi connectivity index (χ1v) is 17.6. The summed E-state index contributed by atoms with van der Waals surface area (Å²) in [6.07, 6.45) is 0. The molecule has 0 amide bonds. The van der Waals surface area contributed by atoms with Crippen LogP contribution in [0.2, 0.25) is 0 Å². The highest BCUT2D eigenvalue weighted by Gasteiger charge is 2.21. The van der Waals surface area contributed by atoms with Crippen LogP contribution in [0.25, 0.3) is 106 Å². The van der Waals surface area contributed by atoms with Crippen LogP contribution in [-0.2, 0) is 0 Å². The summed E-state index contributed by atoms with van der Waals surface area (Å²) in [5, 5.41) is -0.733. The lowest BCUT2D eigenvalue weighted by Gasteiger charge is -2.16. The summed E-state index contributed by atoms with van der Waals surface area (Å²) in [6, 6.07) is 22.3. The van der Waals surface area contributed by atoms with Crippen LogP contribution in [0.15, 0.2) is 198 Å². The van der Waals surface area contributed by atoms with Crippen LogP contribution in [0.1, 0.15) is 20.6 Å². The molecular formula is C51H32N4O. The molecule has 0 aliphatic heterocycles. The molecule has 11 rings (SSSR count). The summed E-state index contributed by atoms with van der Waals surface area (Å²) in [5.74, 6) is 0.492. The molecule has 5 nitrogen and oxygen atoms in total. The van der Waals surface area contributed by atoms with Crippen LogP contribution in [0, 0.1) is 0 Å². The Kier molecular flexibility index (Phi) is 4.70. The third kappa shape index (κ3) is 5.37. The fraction of sp³-hybridized carbons (Fsp3) is 0. The molecule has 0 aliphatic rings. The Morgan fingerprint density at radius 2 is 0.982 bits per heavy atom. The number of fused-ring (bicyclic) bond motifs is 6. The van der Waals surface area contributed by atoms with E-state index in [4.69, 9.17) is 33.1 Å². The van der Waals surface area contributed by atoms with Crippen molar-refractivity contribution in [1.82, 2.24) is 19.5 Å². The van der Waals surface area contributed by atoms with Gasteiger partial charge in [-0.3, -0.25) is 0 Å². The van der Waals surface area contributed by atoms with Crippen molar-refractivity contribution in [1.29, 1.82) is 0 Å². The minimum absolute atomic E-state index is 0.0126. The van der Waals surface area contributed by atoms with Gasteiger partial charge in [-0.2, -0.15) is 0 Å². The van der Waals surface area contributed by atoms with Gasteiger partial charge in [-0.15, -0.1) is 0 Å². The zero-order valence-electron chi connectivity index (χ0n) is 44.0.